The highest BCUT2D eigenvalue weighted by Crippen LogP contribution is 2.02. The molecule has 0 radical (unpaired) electrons. The Morgan fingerprint density at radius 3 is 2.21 bits per heavy atom. The predicted octanol–water partition coefficient (Wildman–Crippen LogP) is -0.0406. The van der Waals surface area contributed by atoms with Gasteiger partial charge in [-0.3, -0.25) is 9.69 Å². The van der Waals surface area contributed by atoms with Gasteiger partial charge in [-0.25, -0.2) is 4.79 Å². The Labute approximate surface area is 83.6 Å². The van der Waals surface area contributed by atoms with Crippen molar-refractivity contribution in [3.63, 3.8) is 0 Å². The Bertz CT molecular complexity index is 222. The van der Waals surface area contributed by atoms with Gasteiger partial charge in [-0.2, -0.15) is 0 Å². The smallest absolute Gasteiger partial charge is 0.409 e. The van der Waals surface area contributed by atoms with Crippen LogP contribution in [0.3, 0.4) is 0 Å². The second-order valence-corrected chi connectivity index (χ2v) is 3.44. The number of ether oxygens (including phenoxy) is 1. The summed E-state index contributed by atoms with van der Waals surface area (Å²) in [6.45, 7) is 4.82. The number of Topliss-reactive ketones (excluding diaryl/α,β-unsaturated/α-hetero) is 1. The fraction of sp³-hybridized carbons (Fsp3) is 0.778. The lowest BCUT2D eigenvalue weighted by Crippen LogP contribution is -2.49. The number of carbonyl (C=O) groups excluding carboxylic acids is 2. The fourth-order valence-electron chi connectivity index (χ4n) is 1.53. The summed E-state index contributed by atoms with van der Waals surface area (Å²) in [6, 6.07) is 0. The van der Waals surface area contributed by atoms with Crippen LogP contribution in [-0.2, 0) is 9.53 Å². The molecule has 0 aliphatic carbocycles. The first-order valence-electron chi connectivity index (χ1n) is 4.68. The minimum absolute atomic E-state index is 0.163. The Hall–Kier alpha value is -1.10. The highest BCUT2D eigenvalue weighted by Gasteiger charge is 2.21. The first kappa shape index (κ1) is 11.0. The molecule has 1 aliphatic heterocycles. The molecule has 5 heteroatoms. The minimum Gasteiger partial charge on any atom is -0.453 e. The molecule has 1 saturated heterocycles. The van der Waals surface area contributed by atoms with E-state index < -0.39 is 0 Å². The van der Waals surface area contributed by atoms with Gasteiger partial charge in [-0.15, -0.1) is 0 Å². The quantitative estimate of drug-likeness (QED) is 0.627. The first-order valence-corrected chi connectivity index (χ1v) is 4.68. The highest BCUT2D eigenvalue weighted by molar-refractivity contribution is 5.77. The zero-order valence-corrected chi connectivity index (χ0v) is 8.65. The van der Waals surface area contributed by atoms with Crippen LogP contribution in [0.15, 0.2) is 0 Å². The standard InChI is InChI=1S/C9H16N2O3/c1-8(12)7-10-3-5-11(6-4-10)9(13)14-2/h3-7H2,1-2H3. The lowest BCUT2D eigenvalue weighted by molar-refractivity contribution is -0.118. The van der Waals surface area contributed by atoms with E-state index in [1.807, 2.05) is 4.90 Å². The fourth-order valence-corrected chi connectivity index (χ4v) is 1.53. The number of ketones is 1. The molecule has 0 N–H and O–H groups in total. The number of methoxy groups -OCH3 is 1. The normalized spacial score (nSPS) is 18.0. The van der Waals surface area contributed by atoms with Crippen LogP contribution in [0.5, 0.6) is 0 Å². The molecule has 0 bridgehead atoms. The van der Waals surface area contributed by atoms with Gasteiger partial charge < -0.3 is 9.64 Å². The van der Waals surface area contributed by atoms with Crippen molar-refractivity contribution >= 4 is 11.9 Å². The Morgan fingerprint density at radius 1 is 1.21 bits per heavy atom. The second-order valence-electron chi connectivity index (χ2n) is 3.44. The van der Waals surface area contributed by atoms with Crippen LogP contribution in [-0.4, -0.2) is 61.5 Å². The van der Waals surface area contributed by atoms with Gasteiger partial charge in [-0.05, 0) is 6.92 Å². The van der Waals surface area contributed by atoms with Gasteiger partial charge >= 0.3 is 6.09 Å². The summed E-state index contributed by atoms with van der Waals surface area (Å²) in [5, 5.41) is 0. The SMILES string of the molecule is COC(=O)N1CCN(CC(C)=O)CC1. The van der Waals surface area contributed by atoms with Crippen LogP contribution in [0.25, 0.3) is 0 Å². The molecule has 14 heavy (non-hydrogen) atoms. The van der Waals surface area contributed by atoms with Crippen LogP contribution < -0.4 is 0 Å². The highest BCUT2D eigenvalue weighted by atomic mass is 16.5. The Kier molecular flexibility index (Phi) is 3.88. The molecule has 0 spiro atoms. The summed E-state index contributed by atoms with van der Waals surface area (Å²) in [6.07, 6.45) is -0.285. The molecule has 0 saturated carbocycles. The zero-order chi connectivity index (χ0) is 10.6. The van der Waals surface area contributed by atoms with E-state index >= 15 is 0 Å². The van der Waals surface area contributed by atoms with E-state index in [9.17, 15) is 9.59 Å². The summed E-state index contributed by atoms with van der Waals surface area (Å²) >= 11 is 0. The summed E-state index contributed by atoms with van der Waals surface area (Å²) in [4.78, 5) is 25.6. The predicted molar refractivity (Wildman–Crippen MR) is 51.1 cm³/mol. The molecular formula is C9H16N2O3. The van der Waals surface area contributed by atoms with E-state index in [1.165, 1.54) is 7.11 Å². The largest absolute Gasteiger partial charge is 0.453 e. The summed E-state index contributed by atoms with van der Waals surface area (Å²) in [7, 11) is 1.38. The Balaban J connectivity index is 2.31. The first-order chi connectivity index (χ1) is 6.63. The molecule has 80 valence electrons. The van der Waals surface area contributed by atoms with Gasteiger partial charge in [-0.1, -0.05) is 0 Å². The van der Waals surface area contributed by atoms with Crippen molar-refractivity contribution in [2.45, 2.75) is 6.92 Å². The van der Waals surface area contributed by atoms with Gasteiger partial charge in [0, 0.05) is 26.2 Å². The van der Waals surface area contributed by atoms with Crippen molar-refractivity contribution in [1.82, 2.24) is 9.80 Å². The zero-order valence-electron chi connectivity index (χ0n) is 8.65. The van der Waals surface area contributed by atoms with Crippen molar-refractivity contribution < 1.29 is 14.3 Å². The molecule has 0 aromatic heterocycles. The molecule has 0 atom stereocenters. The maximum Gasteiger partial charge on any atom is 0.409 e. The van der Waals surface area contributed by atoms with Crippen LogP contribution in [0.2, 0.25) is 0 Å². The van der Waals surface area contributed by atoms with Crippen molar-refractivity contribution in [2.75, 3.05) is 39.8 Å². The van der Waals surface area contributed by atoms with Gasteiger partial charge in [0.05, 0.1) is 13.7 Å². The van der Waals surface area contributed by atoms with E-state index in [0.717, 1.165) is 13.1 Å². The topological polar surface area (TPSA) is 49.9 Å². The number of nitrogens with zero attached hydrogens (tertiary/aromatic N) is 2. The average molecular weight is 200 g/mol. The van der Waals surface area contributed by atoms with E-state index in [-0.39, 0.29) is 11.9 Å². The van der Waals surface area contributed by atoms with Gasteiger partial charge in [0.25, 0.3) is 0 Å². The molecule has 1 rings (SSSR count). The summed E-state index contributed by atoms with van der Waals surface area (Å²) < 4.78 is 4.61. The average Bonchev–Trinajstić information content (AvgIpc) is 2.17. The van der Waals surface area contributed by atoms with Crippen LogP contribution in [0.4, 0.5) is 4.79 Å². The maximum absolute atomic E-state index is 11.1. The van der Waals surface area contributed by atoms with E-state index in [4.69, 9.17) is 0 Å². The maximum atomic E-state index is 11.1. The summed E-state index contributed by atoms with van der Waals surface area (Å²) in [5.74, 6) is 0.163. The number of rotatable bonds is 2. The molecule has 1 amide bonds. The lowest BCUT2D eigenvalue weighted by Gasteiger charge is -2.33. The molecule has 1 heterocycles. The van der Waals surface area contributed by atoms with Crippen molar-refractivity contribution in [1.29, 1.82) is 0 Å². The van der Waals surface area contributed by atoms with Gasteiger partial charge in [0.1, 0.15) is 5.78 Å². The number of hydrogen-bond acceptors (Lipinski definition) is 4. The number of hydrogen-bond donors (Lipinski definition) is 0. The van der Waals surface area contributed by atoms with E-state index in [1.54, 1.807) is 11.8 Å². The molecular weight excluding hydrogens is 184 g/mol. The molecule has 0 aromatic rings. The third-order valence-electron chi connectivity index (χ3n) is 2.25. The molecule has 1 fully saturated rings. The third kappa shape index (κ3) is 2.99. The van der Waals surface area contributed by atoms with Gasteiger partial charge in [0.15, 0.2) is 0 Å². The lowest BCUT2D eigenvalue weighted by atomic mass is 10.3. The molecule has 0 unspecified atom stereocenters. The van der Waals surface area contributed by atoms with E-state index in [2.05, 4.69) is 4.74 Å². The minimum atomic E-state index is -0.285. The summed E-state index contributed by atoms with van der Waals surface area (Å²) in [5.41, 5.74) is 0. The van der Waals surface area contributed by atoms with Crippen LogP contribution in [0, 0.1) is 0 Å². The Morgan fingerprint density at radius 2 is 1.79 bits per heavy atom. The van der Waals surface area contributed by atoms with Gasteiger partial charge in [0.2, 0.25) is 0 Å². The number of amides is 1. The van der Waals surface area contributed by atoms with Crippen molar-refractivity contribution in [3.05, 3.63) is 0 Å². The molecule has 1 aliphatic rings. The van der Waals surface area contributed by atoms with Crippen LogP contribution in [0.1, 0.15) is 6.92 Å². The molecule has 0 aromatic carbocycles. The third-order valence-corrected chi connectivity index (χ3v) is 2.25. The van der Waals surface area contributed by atoms with Crippen molar-refractivity contribution in [3.8, 4) is 0 Å². The molecule has 5 nitrogen and oxygen atoms in total. The van der Waals surface area contributed by atoms with Crippen molar-refractivity contribution in [2.24, 2.45) is 0 Å². The number of carbonyl (C=O) groups is 2. The number of piperazine rings is 1. The van der Waals surface area contributed by atoms with Crippen LogP contribution >= 0.6 is 0 Å². The van der Waals surface area contributed by atoms with E-state index in [0.29, 0.717) is 19.6 Å². The monoisotopic (exact) mass is 200 g/mol. The second kappa shape index (κ2) is 4.95.